The van der Waals surface area contributed by atoms with Crippen LogP contribution in [0.15, 0.2) is 60.8 Å². The van der Waals surface area contributed by atoms with Gasteiger partial charge in [-0.25, -0.2) is 9.78 Å². The molecule has 0 bridgehead atoms. The van der Waals surface area contributed by atoms with Crippen molar-refractivity contribution in [3.63, 3.8) is 0 Å². The Kier molecular flexibility index (Phi) is 5.41. The largest absolute Gasteiger partial charge is 0.349 e. The number of urea groups is 1. The van der Waals surface area contributed by atoms with E-state index in [1.807, 2.05) is 31.2 Å². The molecule has 6 heteroatoms. The molecule has 0 fully saturated rings. The van der Waals surface area contributed by atoms with Crippen LogP contribution in [0.3, 0.4) is 0 Å². The number of aryl methyl sites for hydroxylation is 2. The number of halogens is 1. The molecular weight excluding hydrogens is 384 g/mol. The van der Waals surface area contributed by atoms with Crippen LogP contribution in [0, 0.1) is 13.8 Å². The van der Waals surface area contributed by atoms with Crippen molar-refractivity contribution in [2.45, 2.75) is 20.4 Å². The Hall–Kier alpha value is -3.05. The Labute approximate surface area is 175 Å². The molecule has 1 aliphatic rings. The van der Waals surface area contributed by atoms with Gasteiger partial charge in [0, 0.05) is 36.5 Å². The number of benzene rings is 2. The normalized spacial score (nSPS) is 13.2. The Morgan fingerprint density at radius 1 is 1.10 bits per heavy atom. The molecule has 0 aliphatic carbocycles. The fourth-order valence-electron chi connectivity index (χ4n) is 3.48. The summed E-state index contributed by atoms with van der Waals surface area (Å²) in [6.07, 6.45) is 1.77. The maximum atomic E-state index is 13.0. The van der Waals surface area contributed by atoms with E-state index in [1.165, 1.54) is 11.1 Å². The summed E-state index contributed by atoms with van der Waals surface area (Å²) in [5.74, 6) is 0.817. The smallest absolute Gasteiger partial charge is 0.326 e. The third-order valence-corrected chi connectivity index (χ3v) is 5.37. The first-order valence-corrected chi connectivity index (χ1v) is 9.99. The van der Waals surface area contributed by atoms with Crippen LogP contribution in [-0.4, -0.2) is 24.1 Å². The minimum absolute atomic E-state index is 0.181. The standard InChI is InChI=1S/C23H23ClN4O/c1-16-5-8-18(9-6-16)15-27-12-13-28(21-4-3-11-25-22(21)27)23(29)26-20-14-19(24)10-7-17(20)2/h3-11,14H,12-13,15H2,1-2H3,(H,26,29). The van der Waals surface area contributed by atoms with E-state index < -0.39 is 0 Å². The molecular formula is C23H23ClN4O. The summed E-state index contributed by atoms with van der Waals surface area (Å²) in [4.78, 5) is 21.6. The minimum atomic E-state index is -0.181. The number of carbonyl (C=O) groups is 1. The lowest BCUT2D eigenvalue weighted by atomic mass is 10.1. The third kappa shape index (κ3) is 4.20. The summed E-state index contributed by atoms with van der Waals surface area (Å²) in [6, 6.07) is 17.6. The number of hydrogen-bond donors (Lipinski definition) is 1. The number of nitrogens with one attached hydrogen (secondary N) is 1. The Balaban J connectivity index is 1.57. The average molecular weight is 407 g/mol. The van der Waals surface area contributed by atoms with Gasteiger partial charge < -0.3 is 10.2 Å². The predicted molar refractivity (Wildman–Crippen MR) is 119 cm³/mol. The number of hydrogen-bond acceptors (Lipinski definition) is 3. The first-order chi connectivity index (χ1) is 14.0. The van der Waals surface area contributed by atoms with Gasteiger partial charge in [-0.3, -0.25) is 4.90 Å². The quantitative estimate of drug-likeness (QED) is 0.632. The molecule has 148 valence electrons. The number of carbonyl (C=O) groups excluding carboxylic acids is 1. The monoisotopic (exact) mass is 406 g/mol. The van der Waals surface area contributed by atoms with Gasteiger partial charge >= 0.3 is 6.03 Å². The summed E-state index contributed by atoms with van der Waals surface area (Å²) >= 11 is 6.09. The zero-order valence-electron chi connectivity index (χ0n) is 16.5. The van der Waals surface area contributed by atoms with Crippen molar-refractivity contribution in [2.24, 2.45) is 0 Å². The topological polar surface area (TPSA) is 48.5 Å². The molecule has 1 N–H and O–H groups in total. The van der Waals surface area contributed by atoms with Gasteiger partial charge in [0.05, 0.1) is 5.69 Å². The number of anilines is 3. The second-order valence-electron chi connectivity index (χ2n) is 7.29. The molecule has 2 aromatic carbocycles. The lowest BCUT2D eigenvalue weighted by molar-refractivity contribution is 0.256. The Bertz CT molecular complexity index is 1040. The van der Waals surface area contributed by atoms with Crippen molar-refractivity contribution in [3.05, 3.63) is 82.5 Å². The van der Waals surface area contributed by atoms with Crippen molar-refractivity contribution in [3.8, 4) is 0 Å². The fraction of sp³-hybridized carbons (Fsp3) is 0.217. The number of pyridine rings is 1. The summed E-state index contributed by atoms with van der Waals surface area (Å²) in [7, 11) is 0. The first kappa shape index (κ1) is 19.3. The van der Waals surface area contributed by atoms with Gasteiger partial charge in [-0.15, -0.1) is 0 Å². The van der Waals surface area contributed by atoms with Crippen molar-refractivity contribution >= 4 is 34.8 Å². The minimum Gasteiger partial charge on any atom is -0.349 e. The van der Waals surface area contributed by atoms with Crippen molar-refractivity contribution < 1.29 is 4.79 Å². The zero-order chi connectivity index (χ0) is 20.4. The van der Waals surface area contributed by atoms with E-state index >= 15 is 0 Å². The summed E-state index contributed by atoms with van der Waals surface area (Å²) in [6.45, 7) is 6.07. The molecule has 5 nitrogen and oxygen atoms in total. The van der Waals surface area contributed by atoms with Crippen molar-refractivity contribution in [1.82, 2.24) is 4.98 Å². The van der Waals surface area contributed by atoms with Gasteiger partial charge in [0.15, 0.2) is 5.82 Å². The highest BCUT2D eigenvalue weighted by molar-refractivity contribution is 6.31. The van der Waals surface area contributed by atoms with E-state index in [-0.39, 0.29) is 6.03 Å². The van der Waals surface area contributed by atoms with Crippen LogP contribution in [0.2, 0.25) is 5.02 Å². The second kappa shape index (κ2) is 8.13. The molecule has 0 unspecified atom stereocenters. The molecule has 2 heterocycles. The van der Waals surface area contributed by atoms with Crippen LogP contribution >= 0.6 is 11.6 Å². The van der Waals surface area contributed by atoms with Gasteiger partial charge in [-0.2, -0.15) is 0 Å². The van der Waals surface area contributed by atoms with E-state index in [9.17, 15) is 4.79 Å². The maximum absolute atomic E-state index is 13.0. The number of fused-ring (bicyclic) bond motifs is 1. The maximum Gasteiger partial charge on any atom is 0.326 e. The van der Waals surface area contributed by atoms with Gasteiger partial charge in [-0.1, -0.05) is 47.5 Å². The van der Waals surface area contributed by atoms with E-state index in [1.54, 1.807) is 17.2 Å². The molecule has 1 aliphatic heterocycles. The zero-order valence-corrected chi connectivity index (χ0v) is 17.3. The van der Waals surface area contributed by atoms with Crippen LogP contribution in [0.25, 0.3) is 0 Å². The highest BCUT2D eigenvalue weighted by atomic mass is 35.5. The Morgan fingerprint density at radius 2 is 1.90 bits per heavy atom. The third-order valence-electron chi connectivity index (χ3n) is 5.13. The van der Waals surface area contributed by atoms with Gasteiger partial charge in [-0.05, 0) is 49.2 Å². The SMILES string of the molecule is Cc1ccc(CN2CCN(C(=O)Nc3cc(Cl)ccc3C)c3cccnc32)cc1. The molecule has 2 amide bonds. The van der Waals surface area contributed by atoms with E-state index in [0.717, 1.165) is 29.3 Å². The molecule has 0 atom stereocenters. The van der Waals surface area contributed by atoms with Gasteiger partial charge in [0.1, 0.15) is 0 Å². The highest BCUT2D eigenvalue weighted by Gasteiger charge is 2.28. The van der Waals surface area contributed by atoms with E-state index in [4.69, 9.17) is 11.6 Å². The number of aromatic nitrogens is 1. The molecule has 29 heavy (non-hydrogen) atoms. The van der Waals surface area contributed by atoms with Crippen LogP contribution in [0.1, 0.15) is 16.7 Å². The molecule has 4 rings (SSSR count). The lowest BCUT2D eigenvalue weighted by Gasteiger charge is -2.36. The summed E-state index contributed by atoms with van der Waals surface area (Å²) in [5, 5.41) is 3.58. The molecule has 1 aromatic heterocycles. The van der Waals surface area contributed by atoms with Crippen molar-refractivity contribution in [1.29, 1.82) is 0 Å². The van der Waals surface area contributed by atoms with Crippen LogP contribution < -0.4 is 15.1 Å². The number of nitrogens with zero attached hydrogens (tertiary/aromatic N) is 3. The van der Waals surface area contributed by atoms with Crippen LogP contribution in [0.4, 0.5) is 22.0 Å². The van der Waals surface area contributed by atoms with Gasteiger partial charge in [0.2, 0.25) is 0 Å². The first-order valence-electron chi connectivity index (χ1n) is 9.61. The van der Waals surface area contributed by atoms with E-state index in [2.05, 4.69) is 46.4 Å². The molecule has 0 radical (unpaired) electrons. The van der Waals surface area contributed by atoms with Crippen LogP contribution in [-0.2, 0) is 6.54 Å². The molecule has 0 saturated heterocycles. The van der Waals surface area contributed by atoms with Crippen molar-refractivity contribution in [2.75, 3.05) is 28.2 Å². The fourth-order valence-corrected chi connectivity index (χ4v) is 3.65. The highest BCUT2D eigenvalue weighted by Crippen LogP contribution is 2.32. The van der Waals surface area contributed by atoms with Crippen LogP contribution in [0.5, 0.6) is 0 Å². The lowest BCUT2D eigenvalue weighted by Crippen LogP contribution is -2.46. The molecule has 0 saturated carbocycles. The van der Waals surface area contributed by atoms with Gasteiger partial charge in [0.25, 0.3) is 0 Å². The van der Waals surface area contributed by atoms with E-state index in [0.29, 0.717) is 18.1 Å². The molecule has 3 aromatic rings. The number of amides is 2. The second-order valence-corrected chi connectivity index (χ2v) is 7.73. The predicted octanol–water partition coefficient (Wildman–Crippen LogP) is 5.41. The summed E-state index contributed by atoms with van der Waals surface area (Å²) in [5.41, 5.74) is 4.95. The molecule has 0 spiro atoms. The Morgan fingerprint density at radius 3 is 2.69 bits per heavy atom. The number of rotatable bonds is 3. The average Bonchev–Trinajstić information content (AvgIpc) is 2.72. The summed E-state index contributed by atoms with van der Waals surface area (Å²) < 4.78 is 0.